The number of nitrogens with one attached hydrogen (secondary N) is 1. The van der Waals surface area contributed by atoms with Crippen LogP contribution in [0.15, 0.2) is 21.6 Å². The average molecular weight is 406 g/mol. The molecular weight excluding hydrogens is 386 g/mol. The van der Waals surface area contributed by atoms with Gasteiger partial charge < -0.3 is 4.74 Å². The van der Waals surface area contributed by atoms with Gasteiger partial charge in [0, 0.05) is 23.8 Å². The first kappa shape index (κ1) is 18.2. The summed E-state index contributed by atoms with van der Waals surface area (Å²) in [5, 5.41) is 2.42. The maximum Gasteiger partial charge on any atom is 0.413 e. The van der Waals surface area contributed by atoms with E-state index >= 15 is 0 Å². The SMILES string of the molecule is CC(C)(C)OC(=O)Nc1ncc(Br)cc1S(=O)(=O)N1CCCC1. The Morgan fingerprint density at radius 2 is 1.96 bits per heavy atom. The molecule has 0 unspecified atom stereocenters. The zero-order chi connectivity index (χ0) is 17.3. The number of hydrogen-bond donors (Lipinski definition) is 1. The molecule has 0 saturated carbocycles. The summed E-state index contributed by atoms with van der Waals surface area (Å²) in [4.78, 5) is 15.9. The Bertz CT molecular complexity index is 694. The van der Waals surface area contributed by atoms with Gasteiger partial charge in [0.05, 0.1) is 0 Å². The van der Waals surface area contributed by atoms with E-state index in [9.17, 15) is 13.2 Å². The molecule has 0 aliphatic carbocycles. The summed E-state index contributed by atoms with van der Waals surface area (Å²) in [6.45, 7) is 6.12. The van der Waals surface area contributed by atoms with Crippen LogP contribution in [0.5, 0.6) is 0 Å². The number of hydrogen-bond acceptors (Lipinski definition) is 5. The van der Waals surface area contributed by atoms with Crippen LogP contribution in [0.2, 0.25) is 0 Å². The largest absolute Gasteiger partial charge is 0.444 e. The zero-order valence-electron chi connectivity index (χ0n) is 13.3. The van der Waals surface area contributed by atoms with E-state index in [1.807, 2.05) is 0 Å². The van der Waals surface area contributed by atoms with Gasteiger partial charge in [-0.25, -0.2) is 18.2 Å². The van der Waals surface area contributed by atoms with Gasteiger partial charge in [-0.1, -0.05) is 0 Å². The lowest BCUT2D eigenvalue weighted by atomic mass is 10.2. The molecule has 1 N–H and O–H groups in total. The van der Waals surface area contributed by atoms with Crippen molar-refractivity contribution in [2.24, 2.45) is 0 Å². The molecule has 1 fully saturated rings. The fraction of sp³-hybridized carbons (Fsp3) is 0.571. The molecule has 1 aliphatic heterocycles. The number of halogens is 1. The minimum atomic E-state index is -3.71. The monoisotopic (exact) mass is 405 g/mol. The number of aromatic nitrogens is 1. The molecule has 0 radical (unpaired) electrons. The highest BCUT2D eigenvalue weighted by atomic mass is 79.9. The lowest BCUT2D eigenvalue weighted by Crippen LogP contribution is -2.31. The fourth-order valence-electron chi connectivity index (χ4n) is 2.18. The van der Waals surface area contributed by atoms with Gasteiger partial charge in [0.1, 0.15) is 10.5 Å². The highest BCUT2D eigenvalue weighted by Gasteiger charge is 2.31. The van der Waals surface area contributed by atoms with Crippen LogP contribution in [0, 0.1) is 0 Å². The highest BCUT2D eigenvalue weighted by molar-refractivity contribution is 9.10. The Morgan fingerprint density at radius 3 is 2.52 bits per heavy atom. The minimum Gasteiger partial charge on any atom is -0.444 e. The van der Waals surface area contributed by atoms with Gasteiger partial charge in [-0.2, -0.15) is 4.31 Å². The molecule has 0 spiro atoms. The maximum absolute atomic E-state index is 12.7. The third kappa shape index (κ3) is 4.65. The van der Waals surface area contributed by atoms with Crippen LogP contribution in [0.1, 0.15) is 33.6 Å². The fourth-order valence-corrected chi connectivity index (χ4v) is 4.30. The predicted molar refractivity (Wildman–Crippen MR) is 89.8 cm³/mol. The molecule has 7 nitrogen and oxygen atoms in total. The Balaban J connectivity index is 2.32. The van der Waals surface area contributed by atoms with E-state index in [0.29, 0.717) is 17.6 Å². The third-order valence-electron chi connectivity index (χ3n) is 3.12. The van der Waals surface area contributed by atoms with E-state index in [2.05, 4.69) is 26.2 Å². The summed E-state index contributed by atoms with van der Waals surface area (Å²) in [5.41, 5.74) is -0.687. The second kappa shape index (κ2) is 6.74. The molecule has 9 heteroatoms. The van der Waals surface area contributed by atoms with Crippen molar-refractivity contribution in [3.05, 3.63) is 16.7 Å². The molecule has 2 rings (SSSR count). The van der Waals surface area contributed by atoms with Gasteiger partial charge in [-0.05, 0) is 55.6 Å². The standard InChI is InChI=1S/C14H20BrN3O4S/c1-14(2,3)22-13(19)17-12-11(8-10(15)9-16-12)23(20,21)18-6-4-5-7-18/h8-9H,4-7H2,1-3H3,(H,16,17,19). The van der Waals surface area contributed by atoms with Crippen molar-refractivity contribution in [2.45, 2.75) is 44.1 Å². The first-order valence-corrected chi connectivity index (χ1v) is 9.48. The van der Waals surface area contributed by atoms with E-state index in [-0.39, 0.29) is 10.7 Å². The van der Waals surface area contributed by atoms with Gasteiger partial charge in [-0.3, -0.25) is 5.32 Å². The summed E-state index contributed by atoms with van der Waals surface area (Å²) in [5.74, 6) is -0.0330. The lowest BCUT2D eigenvalue weighted by molar-refractivity contribution is 0.0635. The van der Waals surface area contributed by atoms with Crippen molar-refractivity contribution >= 4 is 37.9 Å². The zero-order valence-corrected chi connectivity index (χ0v) is 15.7. The van der Waals surface area contributed by atoms with E-state index in [1.165, 1.54) is 16.6 Å². The van der Waals surface area contributed by atoms with Crippen molar-refractivity contribution < 1.29 is 17.9 Å². The first-order valence-electron chi connectivity index (χ1n) is 7.25. The molecule has 1 aliphatic rings. The Labute approximate surface area is 144 Å². The smallest absolute Gasteiger partial charge is 0.413 e. The Hall–Kier alpha value is -1.19. The number of sulfonamides is 1. The molecule has 1 amide bonds. The summed E-state index contributed by atoms with van der Waals surface area (Å²) in [6.07, 6.45) is 2.34. The number of amides is 1. The van der Waals surface area contributed by atoms with Crippen molar-refractivity contribution in [1.29, 1.82) is 0 Å². The van der Waals surface area contributed by atoms with Crippen molar-refractivity contribution in [3.63, 3.8) is 0 Å². The Kier molecular flexibility index (Phi) is 5.32. The highest BCUT2D eigenvalue weighted by Crippen LogP contribution is 2.28. The van der Waals surface area contributed by atoms with Crippen LogP contribution in [0.4, 0.5) is 10.6 Å². The van der Waals surface area contributed by atoms with Crippen LogP contribution in [0.3, 0.4) is 0 Å². The normalized spacial score (nSPS) is 16.3. The van der Waals surface area contributed by atoms with Crippen LogP contribution in [-0.4, -0.2) is 42.5 Å². The number of pyridine rings is 1. The Morgan fingerprint density at radius 1 is 1.35 bits per heavy atom. The van der Waals surface area contributed by atoms with E-state index < -0.39 is 21.7 Å². The number of rotatable bonds is 3. The molecule has 23 heavy (non-hydrogen) atoms. The second-order valence-electron chi connectivity index (χ2n) is 6.24. The number of nitrogens with zero attached hydrogens (tertiary/aromatic N) is 2. The summed E-state index contributed by atoms with van der Waals surface area (Å²) >= 11 is 3.22. The van der Waals surface area contributed by atoms with Crippen molar-refractivity contribution in [3.8, 4) is 0 Å². The second-order valence-corrected chi connectivity index (χ2v) is 9.06. The van der Waals surface area contributed by atoms with Crippen LogP contribution >= 0.6 is 15.9 Å². The van der Waals surface area contributed by atoms with Gasteiger partial charge in [0.2, 0.25) is 10.0 Å². The van der Waals surface area contributed by atoms with Crippen molar-refractivity contribution in [1.82, 2.24) is 9.29 Å². The van der Waals surface area contributed by atoms with E-state index in [1.54, 1.807) is 20.8 Å². The predicted octanol–water partition coefficient (Wildman–Crippen LogP) is 2.98. The van der Waals surface area contributed by atoms with Crippen LogP contribution in [-0.2, 0) is 14.8 Å². The molecule has 128 valence electrons. The molecule has 0 atom stereocenters. The number of ether oxygens (including phenoxy) is 1. The van der Waals surface area contributed by atoms with E-state index in [0.717, 1.165) is 12.8 Å². The minimum absolute atomic E-state index is 0.0330. The van der Waals surface area contributed by atoms with Crippen molar-refractivity contribution in [2.75, 3.05) is 18.4 Å². The topological polar surface area (TPSA) is 88.6 Å². The van der Waals surface area contributed by atoms with Gasteiger partial charge in [0.25, 0.3) is 0 Å². The first-order chi connectivity index (χ1) is 10.6. The van der Waals surface area contributed by atoms with Gasteiger partial charge in [-0.15, -0.1) is 0 Å². The van der Waals surface area contributed by atoms with Crippen LogP contribution in [0.25, 0.3) is 0 Å². The molecule has 1 saturated heterocycles. The quantitative estimate of drug-likeness (QED) is 0.834. The number of carbonyl (C=O) groups excluding carboxylic acids is 1. The molecular formula is C14H20BrN3O4S. The number of carbonyl (C=O) groups is 1. The molecule has 1 aromatic heterocycles. The summed E-state index contributed by atoms with van der Waals surface area (Å²) in [6, 6.07) is 1.44. The lowest BCUT2D eigenvalue weighted by Gasteiger charge is -2.21. The summed E-state index contributed by atoms with van der Waals surface area (Å²) < 4.78 is 32.6. The van der Waals surface area contributed by atoms with Gasteiger partial charge in [0.15, 0.2) is 5.82 Å². The molecule has 0 aromatic carbocycles. The van der Waals surface area contributed by atoms with E-state index in [4.69, 9.17) is 4.74 Å². The maximum atomic E-state index is 12.7. The van der Waals surface area contributed by atoms with Crippen LogP contribution < -0.4 is 5.32 Å². The van der Waals surface area contributed by atoms with Gasteiger partial charge >= 0.3 is 6.09 Å². The summed E-state index contributed by atoms with van der Waals surface area (Å²) in [7, 11) is -3.71. The molecule has 1 aromatic rings. The molecule has 2 heterocycles. The molecule has 0 bridgehead atoms. The third-order valence-corrected chi connectivity index (χ3v) is 5.47. The number of anilines is 1. The average Bonchev–Trinajstić information content (AvgIpc) is 2.93.